The molecule has 0 fully saturated rings. The number of hydrogen-bond acceptors (Lipinski definition) is 4. The van der Waals surface area contributed by atoms with Crippen molar-refractivity contribution in [1.82, 2.24) is 11.1 Å². The largest absolute Gasteiger partial charge is 0.545 e. The van der Waals surface area contributed by atoms with Crippen molar-refractivity contribution < 1.29 is 14.7 Å². The summed E-state index contributed by atoms with van der Waals surface area (Å²) in [6, 6.07) is 1.28. The molecule has 76 valence electrons. The highest BCUT2D eigenvalue weighted by Gasteiger charge is 1.98. The molecule has 1 heterocycles. The Balaban J connectivity index is 0.00000169. The summed E-state index contributed by atoms with van der Waals surface area (Å²) in [6.45, 7) is 1.33. The monoisotopic (exact) mass is 197 g/mol. The maximum Gasteiger partial charge on any atom is 0.221 e. The lowest BCUT2D eigenvalue weighted by Crippen LogP contribution is -2.22. The number of nitrogens with one attached hydrogen (secondary N) is 1. The number of rotatable bonds is 2. The van der Waals surface area contributed by atoms with Crippen molar-refractivity contribution in [3.63, 3.8) is 0 Å². The van der Waals surface area contributed by atoms with Gasteiger partial charge in [0.25, 0.3) is 0 Å². The Hall–Kier alpha value is -1.95. The van der Waals surface area contributed by atoms with E-state index in [1.807, 2.05) is 0 Å². The lowest BCUT2D eigenvalue weighted by atomic mass is 10.2. The summed E-state index contributed by atoms with van der Waals surface area (Å²) in [4.78, 5) is 24.6. The first kappa shape index (κ1) is 12.0. The predicted octanol–water partition coefficient (Wildman–Crippen LogP) is -0.220. The normalized spacial score (nSPS) is 8.64. The Morgan fingerprint density at radius 2 is 2.07 bits per heavy atom. The molecule has 0 spiro atoms. The molecule has 0 saturated carbocycles. The maximum absolute atomic E-state index is 10.6. The van der Waals surface area contributed by atoms with Crippen LogP contribution in [0.4, 0.5) is 5.69 Å². The standard InChI is InChI=1S/C8H8N2O3.H3N/c1-5(11)10-7-2-6(8(12)13)3-9-4-7;/h2-4H,1H3,(H,10,11)(H,12,13);1H3. The van der Waals surface area contributed by atoms with Crippen molar-refractivity contribution in [2.75, 3.05) is 5.32 Å². The molecule has 14 heavy (non-hydrogen) atoms. The lowest BCUT2D eigenvalue weighted by molar-refractivity contribution is -0.255. The topological polar surface area (TPSA) is 119 Å². The molecule has 1 amide bonds. The smallest absolute Gasteiger partial charge is 0.221 e. The zero-order valence-electron chi connectivity index (χ0n) is 7.90. The number of aromatic nitrogens is 1. The summed E-state index contributed by atoms with van der Waals surface area (Å²) in [5, 5.41) is 12.8. The highest BCUT2D eigenvalue weighted by atomic mass is 16.4. The van der Waals surface area contributed by atoms with E-state index in [4.69, 9.17) is 0 Å². The van der Waals surface area contributed by atoms with Crippen molar-refractivity contribution in [3.05, 3.63) is 24.0 Å². The molecule has 1 aromatic rings. The number of carboxylic acid groups (broad SMARTS) is 1. The Labute approximate surface area is 80.5 Å². The van der Waals surface area contributed by atoms with Crippen LogP contribution in [0.1, 0.15) is 17.3 Å². The number of hydrogen-bond donors (Lipinski definition) is 2. The molecule has 1 aromatic heterocycles. The number of amides is 1. The van der Waals surface area contributed by atoms with E-state index < -0.39 is 5.97 Å². The van der Waals surface area contributed by atoms with Crippen LogP contribution in [-0.4, -0.2) is 16.9 Å². The highest BCUT2D eigenvalue weighted by molar-refractivity contribution is 5.91. The first-order valence-electron chi connectivity index (χ1n) is 3.53. The fraction of sp³-hybridized carbons (Fsp3) is 0.125. The second-order valence-corrected chi connectivity index (χ2v) is 2.43. The second-order valence-electron chi connectivity index (χ2n) is 2.43. The summed E-state index contributed by atoms with van der Waals surface area (Å²) >= 11 is 0. The molecule has 0 unspecified atom stereocenters. The molecule has 6 heteroatoms. The van der Waals surface area contributed by atoms with E-state index in [9.17, 15) is 14.7 Å². The number of nitrogens with zero attached hydrogens (tertiary/aromatic N) is 1. The first-order valence-corrected chi connectivity index (χ1v) is 3.53. The van der Waals surface area contributed by atoms with Crippen LogP contribution < -0.4 is 16.6 Å². The molecule has 0 aliphatic heterocycles. The lowest BCUT2D eigenvalue weighted by Gasteiger charge is -2.04. The van der Waals surface area contributed by atoms with Crippen LogP contribution in [0.15, 0.2) is 18.5 Å². The predicted molar refractivity (Wildman–Crippen MR) is 48.9 cm³/mol. The van der Waals surface area contributed by atoms with Gasteiger partial charge in [0.05, 0.1) is 17.9 Å². The van der Waals surface area contributed by atoms with E-state index in [1.165, 1.54) is 19.2 Å². The van der Waals surface area contributed by atoms with E-state index >= 15 is 0 Å². The Morgan fingerprint density at radius 3 is 2.57 bits per heavy atom. The van der Waals surface area contributed by atoms with Crippen LogP contribution >= 0.6 is 0 Å². The second kappa shape index (κ2) is 4.93. The summed E-state index contributed by atoms with van der Waals surface area (Å²) < 4.78 is 0. The molecule has 5 N–H and O–H groups in total. The van der Waals surface area contributed by atoms with Crippen LogP contribution in [-0.2, 0) is 4.79 Å². The fourth-order valence-corrected chi connectivity index (χ4v) is 0.823. The molecular formula is C8H11N3O3. The van der Waals surface area contributed by atoms with E-state index in [2.05, 4.69) is 10.3 Å². The van der Waals surface area contributed by atoms with Gasteiger partial charge in [0, 0.05) is 18.7 Å². The van der Waals surface area contributed by atoms with Gasteiger partial charge in [0.15, 0.2) is 0 Å². The molecule has 0 aliphatic carbocycles. The van der Waals surface area contributed by atoms with E-state index in [0.29, 0.717) is 5.69 Å². The van der Waals surface area contributed by atoms with Gasteiger partial charge in [-0.15, -0.1) is 0 Å². The van der Waals surface area contributed by atoms with Crippen LogP contribution in [0.5, 0.6) is 0 Å². The number of carbonyl (C=O) groups excluding carboxylic acids is 2. The van der Waals surface area contributed by atoms with Crippen LogP contribution in [0, 0.1) is 0 Å². The van der Waals surface area contributed by atoms with Gasteiger partial charge in [-0.3, -0.25) is 9.78 Å². The van der Waals surface area contributed by atoms with Crippen LogP contribution in [0.3, 0.4) is 0 Å². The SMILES string of the molecule is CC(=O)Nc1cncc(C(=O)[O-])c1.[NH4+]. The fourth-order valence-electron chi connectivity index (χ4n) is 0.823. The van der Waals surface area contributed by atoms with E-state index in [0.717, 1.165) is 6.20 Å². The number of aromatic carboxylic acids is 1. The minimum Gasteiger partial charge on any atom is -0.545 e. The van der Waals surface area contributed by atoms with E-state index in [1.54, 1.807) is 0 Å². The summed E-state index contributed by atoms with van der Waals surface area (Å²) in [7, 11) is 0. The van der Waals surface area contributed by atoms with Crippen molar-refractivity contribution in [2.24, 2.45) is 0 Å². The number of anilines is 1. The third kappa shape index (κ3) is 3.20. The summed E-state index contributed by atoms with van der Waals surface area (Å²) in [5.41, 5.74) is 0.278. The highest BCUT2D eigenvalue weighted by Crippen LogP contribution is 2.06. The molecule has 6 nitrogen and oxygen atoms in total. The summed E-state index contributed by atoms with van der Waals surface area (Å²) in [5.74, 6) is -1.60. The zero-order chi connectivity index (χ0) is 9.84. The number of carbonyl (C=O) groups is 2. The van der Waals surface area contributed by atoms with Crippen molar-refractivity contribution in [3.8, 4) is 0 Å². The van der Waals surface area contributed by atoms with Crippen molar-refractivity contribution in [2.45, 2.75) is 6.92 Å². The maximum atomic E-state index is 10.6. The van der Waals surface area contributed by atoms with E-state index in [-0.39, 0.29) is 17.6 Å². The van der Waals surface area contributed by atoms with Gasteiger partial charge in [0.1, 0.15) is 0 Å². The van der Waals surface area contributed by atoms with Gasteiger partial charge in [-0.25, -0.2) is 0 Å². The van der Waals surface area contributed by atoms with Gasteiger partial charge in [-0.1, -0.05) is 0 Å². The van der Waals surface area contributed by atoms with Gasteiger partial charge in [-0.05, 0) is 6.07 Å². The molecular weight excluding hydrogens is 186 g/mol. The molecule has 0 bridgehead atoms. The summed E-state index contributed by atoms with van der Waals surface area (Å²) in [6.07, 6.45) is 2.51. The Morgan fingerprint density at radius 1 is 1.43 bits per heavy atom. The molecule has 0 atom stereocenters. The van der Waals surface area contributed by atoms with Gasteiger partial charge >= 0.3 is 0 Å². The average molecular weight is 197 g/mol. The third-order valence-corrected chi connectivity index (χ3v) is 1.29. The molecule has 0 saturated heterocycles. The minimum absolute atomic E-state index is 0. The quantitative estimate of drug-likeness (QED) is 0.681. The number of quaternary nitrogens is 1. The zero-order valence-corrected chi connectivity index (χ0v) is 7.90. The number of pyridine rings is 1. The third-order valence-electron chi connectivity index (χ3n) is 1.29. The molecule has 0 radical (unpaired) electrons. The van der Waals surface area contributed by atoms with Crippen molar-refractivity contribution in [1.29, 1.82) is 0 Å². The van der Waals surface area contributed by atoms with Crippen LogP contribution in [0.25, 0.3) is 0 Å². The average Bonchev–Trinajstić information content (AvgIpc) is 2.03. The van der Waals surface area contributed by atoms with Crippen molar-refractivity contribution >= 4 is 17.6 Å². The van der Waals surface area contributed by atoms with Gasteiger partial charge < -0.3 is 21.4 Å². The van der Waals surface area contributed by atoms with Gasteiger partial charge in [0.2, 0.25) is 5.91 Å². The molecule has 0 aromatic carbocycles. The van der Waals surface area contributed by atoms with Gasteiger partial charge in [-0.2, -0.15) is 0 Å². The Kier molecular flexibility index (Phi) is 4.24. The number of carboxylic acids is 1. The first-order chi connectivity index (χ1) is 6.09. The Bertz CT molecular complexity index is 351. The minimum atomic E-state index is -1.32. The van der Waals surface area contributed by atoms with Crippen LogP contribution in [0.2, 0.25) is 0 Å². The molecule has 0 aliphatic rings. The molecule has 1 rings (SSSR count).